The standard InChI is InChI=1S/C20H14O12/c21-5-3-7-10-9(4-5)29-18(27)6-1-2-8(15(11(6)10)31-19(7)28)30-20-14(24)12(22)13(23)16(32-20)17(25)26/h1-4,12-14,16,20-24H,(H,25,26)/t12-,13-,14+,16-,20+/m0/s1. The monoisotopic (exact) mass is 446 g/mol. The van der Waals surface area contributed by atoms with Gasteiger partial charge < -0.3 is 43.8 Å². The quantitative estimate of drug-likeness (QED) is 0.199. The maximum Gasteiger partial charge on any atom is 0.344 e. The van der Waals surface area contributed by atoms with Gasteiger partial charge in [0.15, 0.2) is 17.4 Å². The summed E-state index contributed by atoms with van der Waals surface area (Å²) in [5.41, 5.74) is -1.99. The molecular formula is C20H14O12. The molecule has 0 amide bonds. The summed E-state index contributed by atoms with van der Waals surface area (Å²) in [7, 11) is 0. The van der Waals surface area contributed by atoms with Crippen LogP contribution in [0.1, 0.15) is 0 Å². The number of hydrogen-bond donors (Lipinski definition) is 5. The van der Waals surface area contributed by atoms with Crippen LogP contribution in [0.5, 0.6) is 11.5 Å². The molecule has 166 valence electrons. The smallest absolute Gasteiger partial charge is 0.344 e. The van der Waals surface area contributed by atoms with Crippen LogP contribution in [-0.2, 0) is 9.53 Å². The highest BCUT2D eigenvalue weighted by Crippen LogP contribution is 2.38. The van der Waals surface area contributed by atoms with Crippen molar-refractivity contribution in [1.82, 2.24) is 0 Å². The maximum atomic E-state index is 12.6. The molecule has 5 atom stereocenters. The first-order valence-electron chi connectivity index (χ1n) is 9.25. The molecule has 0 aliphatic carbocycles. The van der Waals surface area contributed by atoms with Gasteiger partial charge in [-0.05, 0) is 18.2 Å². The number of aliphatic hydroxyl groups is 3. The van der Waals surface area contributed by atoms with Crippen LogP contribution < -0.4 is 16.0 Å². The van der Waals surface area contributed by atoms with Crippen LogP contribution in [0, 0.1) is 0 Å². The van der Waals surface area contributed by atoms with Gasteiger partial charge in [0.1, 0.15) is 29.6 Å². The van der Waals surface area contributed by atoms with E-state index in [9.17, 15) is 39.9 Å². The van der Waals surface area contributed by atoms with Gasteiger partial charge in [0.05, 0.1) is 10.8 Å². The number of aliphatic hydroxyl groups excluding tert-OH is 3. The van der Waals surface area contributed by atoms with Gasteiger partial charge in [-0.15, -0.1) is 0 Å². The van der Waals surface area contributed by atoms with Crippen molar-refractivity contribution in [2.75, 3.05) is 0 Å². The number of carbonyl (C=O) groups is 1. The lowest BCUT2D eigenvalue weighted by molar-refractivity contribution is -0.271. The Bertz CT molecular complexity index is 1480. The van der Waals surface area contributed by atoms with Crippen molar-refractivity contribution in [3.05, 3.63) is 45.1 Å². The highest BCUT2D eigenvalue weighted by molar-refractivity contribution is 6.20. The summed E-state index contributed by atoms with van der Waals surface area (Å²) in [4.78, 5) is 36.3. The molecule has 1 aliphatic rings. The molecule has 12 nitrogen and oxygen atoms in total. The van der Waals surface area contributed by atoms with Crippen molar-refractivity contribution in [3.8, 4) is 11.5 Å². The predicted molar refractivity (Wildman–Crippen MR) is 104 cm³/mol. The number of hydrogen-bond acceptors (Lipinski definition) is 11. The number of benzene rings is 2. The Labute approximate surface area is 175 Å². The Morgan fingerprint density at radius 1 is 0.906 bits per heavy atom. The van der Waals surface area contributed by atoms with E-state index in [0.29, 0.717) is 0 Å². The number of carboxylic acids is 1. The Balaban J connectivity index is 1.71. The third kappa shape index (κ3) is 2.81. The van der Waals surface area contributed by atoms with E-state index in [2.05, 4.69) is 0 Å². The summed E-state index contributed by atoms with van der Waals surface area (Å²) in [5, 5.41) is 49.3. The Morgan fingerprint density at radius 2 is 1.62 bits per heavy atom. The molecule has 0 radical (unpaired) electrons. The zero-order chi connectivity index (χ0) is 22.9. The summed E-state index contributed by atoms with van der Waals surface area (Å²) in [6.45, 7) is 0. The second-order valence-electron chi connectivity index (χ2n) is 7.31. The van der Waals surface area contributed by atoms with Gasteiger partial charge in [-0.25, -0.2) is 14.4 Å². The van der Waals surface area contributed by atoms with Crippen LogP contribution in [0.2, 0.25) is 0 Å². The van der Waals surface area contributed by atoms with Crippen molar-refractivity contribution in [3.63, 3.8) is 0 Å². The summed E-state index contributed by atoms with van der Waals surface area (Å²) in [5.74, 6) is -2.14. The molecule has 2 aromatic heterocycles. The van der Waals surface area contributed by atoms with Crippen LogP contribution in [0.15, 0.2) is 42.7 Å². The van der Waals surface area contributed by atoms with Crippen LogP contribution in [0.4, 0.5) is 0 Å². The number of carboxylic acid groups (broad SMARTS) is 1. The van der Waals surface area contributed by atoms with Crippen LogP contribution in [-0.4, -0.2) is 62.2 Å². The Kier molecular flexibility index (Phi) is 4.36. The number of ether oxygens (including phenoxy) is 2. The summed E-state index contributed by atoms with van der Waals surface area (Å²) in [6, 6.07) is 4.80. The largest absolute Gasteiger partial charge is 0.508 e. The minimum Gasteiger partial charge on any atom is -0.508 e. The Morgan fingerprint density at radius 3 is 2.34 bits per heavy atom. The summed E-state index contributed by atoms with van der Waals surface area (Å²) >= 11 is 0. The van der Waals surface area contributed by atoms with E-state index in [-0.39, 0.29) is 44.2 Å². The van der Waals surface area contributed by atoms with E-state index in [1.165, 1.54) is 12.1 Å². The molecule has 1 aliphatic heterocycles. The molecule has 5 rings (SSSR count). The third-order valence-electron chi connectivity index (χ3n) is 5.35. The van der Waals surface area contributed by atoms with E-state index in [1.54, 1.807) is 0 Å². The van der Waals surface area contributed by atoms with E-state index < -0.39 is 47.9 Å². The lowest BCUT2D eigenvalue weighted by Gasteiger charge is -2.38. The molecule has 2 aromatic carbocycles. The zero-order valence-corrected chi connectivity index (χ0v) is 15.8. The lowest BCUT2D eigenvalue weighted by atomic mass is 9.99. The first-order chi connectivity index (χ1) is 15.2. The average Bonchev–Trinajstić information content (AvgIpc) is 2.73. The number of phenolic OH excluding ortho intramolecular Hbond substituents is 1. The molecular weight excluding hydrogens is 432 g/mol. The summed E-state index contributed by atoms with van der Waals surface area (Å²) in [6.07, 6.45) is -9.34. The zero-order valence-electron chi connectivity index (χ0n) is 15.8. The first kappa shape index (κ1) is 20.2. The summed E-state index contributed by atoms with van der Waals surface area (Å²) < 4.78 is 21.1. The van der Waals surface area contributed by atoms with Crippen molar-refractivity contribution in [1.29, 1.82) is 0 Å². The van der Waals surface area contributed by atoms with E-state index in [1.807, 2.05) is 0 Å². The van der Waals surface area contributed by atoms with Gasteiger partial charge in [0.25, 0.3) is 0 Å². The Hall–Kier alpha value is -3.71. The van der Waals surface area contributed by atoms with Gasteiger partial charge in [-0.2, -0.15) is 0 Å². The van der Waals surface area contributed by atoms with Crippen molar-refractivity contribution >= 4 is 38.7 Å². The number of aliphatic carboxylic acids is 1. The highest BCUT2D eigenvalue weighted by Gasteiger charge is 2.48. The molecule has 0 unspecified atom stereocenters. The third-order valence-corrected chi connectivity index (χ3v) is 5.35. The fourth-order valence-electron chi connectivity index (χ4n) is 3.85. The minimum atomic E-state index is -1.92. The average molecular weight is 446 g/mol. The molecule has 3 heterocycles. The minimum absolute atomic E-state index is 0.0308. The predicted octanol–water partition coefficient (Wildman–Crippen LogP) is -0.533. The number of aromatic hydroxyl groups is 1. The first-order valence-corrected chi connectivity index (χ1v) is 9.25. The maximum absolute atomic E-state index is 12.6. The van der Waals surface area contributed by atoms with Crippen LogP contribution in [0.3, 0.4) is 0 Å². The molecule has 0 saturated carbocycles. The molecule has 4 aromatic rings. The van der Waals surface area contributed by atoms with Crippen molar-refractivity contribution in [2.45, 2.75) is 30.7 Å². The lowest BCUT2D eigenvalue weighted by Crippen LogP contribution is -2.61. The van der Waals surface area contributed by atoms with Crippen molar-refractivity contribution in [2.24, 2.45) is 0 Å². The SMILES string of the molecule is O=C(O)[C@H]1O[C@@H](Oc2ccc3c(=O)oc4cc(O)cc5c(=O)oc2c3c45)[C@H](O)[C@@H](O)[C@@H]1O. The second kappa shape index (κ2) is 6.90. The van der Waals surface area contributed by atoms with Gasteiger partial charge in [0, 0.05) is 16.8 Å². The van der Waals surface area contributed by atoms with Crippen LogP contribution >= 0.6 is 0 Å². The molecule has 5 N–H and O–H groups in total. The number of phenols is 1. The molecule has 0 bridgehead atoms. The van der Waals surface area contributed by atoms with Gasteiger partial charge in [-0.3, -0.25) is 0 Å². The molecule has 12 heteroatoms. The molecule has 1 fully saturated rings. The van der Waals surface area contributed by atoms with Gasteiger partial charge in [-0.1, -0.05) is 0 Å². The topological polar surface area (TPSA) is 197 Å². The van der Waals surface area contributed by atoms with Crippen molar-refractivity contribution < 1.29 is 48.6 Å². The molecule has 32 heavy (non-hydrogen) atoms. The molecule has 1 saturated heterocycles. The van der Waals surface area contributed by atoms with Crippen LogP contribution in [0.25, 0.3) is 32.7 Å². The second-order valence-corrected chi connectivity index (χ2v) is 7.31. The molecule has 0 spiro atoms. The van der Waals surface area contributed by atoms with Gasteiger partial charge >= 0.3 is 17.2 Å². The van der Waals surface area contributed by atoms with E-state index in [4.69, 9.17) is 18.3 Å². The fourth-order valence-corrected chi connectivity index (χ4v) is 3.85. The highest BCUT2D eigenvalue weighted by atomic mass is 16.7. The number of rotatable bonds is 3. The van der Waals surface area contributed by atoms with E-state index >= 15 is 0 Å². The normalized spacial score (nSPS) is 26.2. The van der Waals surface area contributed by atoms with Gasteiger partial charge in [0.2, 0.25) is 6.29 Å². The van der Waals surface area contributed by atoms with E-state index in [0.717, 1.165) is 12.1 Å². The fraction of sp³-hybridized carbons (Fsp3) is 0.250.